The second-order valence-electron chi connectivity index (χ2n) is 15.8. The Balaban J connectivity index is 1.52. The summed E-state index contributed by atoms with van der Waals surface area (Å²) in [5.41, 5.74) is 4.01. The molecule has 2 aliphatic rings. The second-order valence-corrected chi connectivity index (χ2v) is 20.6. The van der Waals surface area contributed by atoms with E-state index in [1.807, 2.05) is 32.9 Å². The van der Waals surface area contributed by atoms with Gasteiger partial charge < -0.3 is 23.7 Å². The molecule has 1 aliphatic carbocycles. The number of carbonyl (C=O) groups excluding carboxylic acids is 2. The summed E-state index contributed by atoms with van der Waals surface area (Å²) in [6.45, 7) is 21.4. The molecule has 0 N–H and O–H groups in total. The van der Waals surface area contributed by atoms with Crippen LogP contribution in [0.2, 0.25) is 18.1 Å². The van der Waals surface area contributed by atoms with E-state index in [-0.39, 0.29) is 34.9 Å². The minimum absolute atomic E-state index is 0.0230. The fourth-order valence-electron chi connectivity index (χ4n) is 6.07. The van der Waals surface area contributed by atoms with Crippen LogP contribution in [-0.2, 0) is 26.9 Å². The summed E-state index contributed by atoms with van der Waals surface area (Å²) in [7, 11) is -0.0629. The predicted octanol–water partition coefficient (Wildman–Crippen LogP) is 8.49. The average Bonchev–Trinajstić information content (AvgIpc) is 3.82. The third-order valence-electron chi connectivity index (χ3n) is 10.1. The first-order chi connectivity index (χ1) is 21.5. The Morgan fingerprint density at radius 3 is 2.24 bits per heavy atom. The van der Waals surface area contributed by atoms with Crippen LogP contribution >= 0.6 is 0 Å². The maximum atomic E-state index is 14.6. The minimum atomic E-state index is -1.75. The van der Waals surface area contributed by atoms with E-state index in [2.05, 4.69) is 76.0 Å². The van der Waals surface area contributed by atoms with Gasteiger partial charge in [0.2, 0.25) is 5.91 Å². The SMILES string of the molecule is COc1cccc(CN(C(=O)C2CN(C(=O)OC(C)(C)C)CCC2c2ccc(CCCO[Si](C)(C)C(C)(C)C)cc2)C2CC2)c1C. The van der Waals surface area contributed by atoms with Gasteiger partial charge in [-0.25, -0.2) is 4.79 Å². The molecule has 46 heavy (non-hydrogen) atoms. The number of ether oxygens (including phenoxy) is 2. The molecule has 2 unspecified atom stereocenters. The van der Waals surface area contributed by atoms with Gasteiger partial charge in [-0.05, 0) is 112 Å². The van der Waals surface area contributed by atoms with Gasteiger partial charge in [0.1, 0.15) is 11.4 Å². The van der Waals surface area contributed by atoms with Crippen molar-refractivity contribution in [2.45, 2.75) is 123 Å². The van der Waals surface area contributed by atoms with Crippen molar-refractivity contribution in [1.82, 2.24) is 9.80 Å². The van der Waals surface area contributed by atoms with Crippen molar-refractivity contribution < 1.29 is 23.5 Å². The highest BCUT2D eigenvalue weighted by Gasteiger charge is 2.43. The first-order valence-corrected chi connectivity index (χ1v) is 20.1. The summed E-state index contributed by atoms with van der Waals surface area (Å²) in [6, 6.07) is 15.1. The van der Waals surface area contributed by atoms with Gasteiger partial charge in [0.05, 0.1) is 13.0 Å². The summed E-state index contributed by atoms with van der Waals surface area (Å²) in [6.07, 6.45) is 4.34. The lowest BCUT2D eigenvalue weighted by Crippen LogP contribution is -2.51. The number of likely N-dealkylation sites (tertiary alicyclic amines) is 1. The van der Waals surface area contributed by atoms with Crippen LogP contribution in [0.15, 0.2) is 42.5 Å². The van der Waals surface area contributed by atoms with Crippen molar-refractivity contribution in [2.24, 2.45) is 5.92 Å². The number of piperidine rings is 1. The second kappa shape index (κ2) is 14.5. The number of hydrogen-bond donors (Lipinski definition) is 0. The quantitative estimate of drug-likeness (QED) is 0.180. The third-order valence-corrected chi connectivity index (χ3v) is 14.6. The molecular formula is C38H58N2O5Si. The molecule has 8 heteroatoms. The number of methoxy groups -OCH3 is 1. The van der Waals surface area contributed by atoms with Gasteiger partial charge in [0, 0.05) is 32.3 Å². The molecule has 2 amide bonds. The van der Waals surface area contributed by atoms with E-state index in [1.165, 1.54) is 5.56 Å². The fraction of sp³-hybridized carbons (Fsp3) is 0.632. The summed E-state index contributed by atoms with van der Waals surface area (Å²) in [5, 5.41) is 0.212. The van der Waals surface area contributed by atoms with Crippen LogP contribution in [0.5, 0.6) is 5.75 Å². The number of rotatable bonds is 11. The third kappa shape index (κ3) is 9.15. The number of amides is 2. The van der Waals surface area contributed by atoms with Crippen molar-refractivity contribution in [3.05, 3.63) is 64.7 Å². The Kier molecular flexibility index (Phi) is 11.4. The Labute approximate surface area is 279 Å². The van der Waals surface area contributed by atoms with Crippen LogP contribution in [0, 0.1) is 12.8 Å². The lowest BCUT2D eigenvalue weighted by molar-refractivity contribution is -0.139. The van der Waals surface area contributed by atoms with Gasteiger partial charge in [0.15, 0.2) is 8.32 Å². The van der Waals surface area contributed by atoms with Crippen molar-refractivity contribution in [3.63, 3.8) is 0 Å². The molecule has 0 radical (unpaired) electrons. The van der Waals surface area contributed by atoms with Crippen LogP contribution in [0.4, 0.5) is 4.79 Å². The highest BCUT2D eigenvalue weighted by molar-refractivity contribution is 6.74. The highest BCUT2D eigenvalue weighted by atomic mass is 28.4. The molecule has 254 valence electrons. The summed E-state index contributed by atoms with van der Waals surface area (Å²) < 4.78 is 17.7. The van der Waals surface area contributed by atoms with Crippen LogP contribution in [-0.4, -0.2) is 68.6 Å². The van der Waals surface area contributed by atoms with E-state index < -0.39 is 13.9 Å². The van der Waals surface area contributed by atoms with E-state index in [0.29, 0.717) is 26.1 Å². The Bertz CT molecular complexity index is 1340. The summed E-state index contributed by atoms with van der Waals surface area (Å²) >= 11 is 0. The van der Waals surface area contributed by atoms with Crippen molar-refractivity contribution in [3.8, 4) is 5.75 Å². The van der Waals surface area contributed by atoms with Crippen molar-refractivity contribution in [2.75, 3.05) is 26.8 Å². The molecule has 2 atom stereocenters. The largest absolute Gasteiger partial charge is 0.496 e. The van der Waals surface area contributed by atoms with E-state index in [0.717, 1.165) is 54.7 Å². The molecule has 2 fully saturated rings. The van der Waals surface area contributed by atoms with E-state index >= 15 is 0 Å². The molecule has 1 aliphatic heterocycles. The first-order valence-electron chi connectivity index (χ1n) is 17.1. The monoisotopic (exact) mass is 650 g/mol. The molecular weight excluding hydrogens is 593 g/mol. The smallest absolute Gasteiger partial charge is 0.410 e. The zero-order chi connectivity index (χ0) is 33.9. The highest BCUT2D eigenvalue weighted by Crippen LogP contribution is 2.39. The van der Waals surface area contributed by atoms with Crippen LogP contribution in [0.25, 0.3) is 0 Å². The fourth-order valence-corrected chi connectivity index (χ4v) is 7.15. The molecule has 1 saturated heterocycles. The molecule has 0 bridgehead atoms. The van der Waals surface area contributed by atoms with Crippen molar-refractivity contribution >= 4 is 20.3 Å². The Morgan fingerprint density at radius 1 is 0.978 bits per heavy atom. The number of aryl methyl sites for hydroxylation is 1. The van der Waals surface area contributed by atoms with Gasteiger partial charge in [-0.3, -0.25) is 4.79 Å². The van der Waals surface area contributed by atoms with E-state index in [4.69, 9.17) is 13.9 Å². The summed E-state index contributed by atoms with van der Waals surface area (Å²) in [5.74, 6) is 0.625. The number of nitrogens with zero attached hydrogens (tertiary/aromatic N) is 2. The lowest BCUT2D eigenvalue weighted by Gasteiger charge is -2.40. The Hall–Kier alpha value is -2.84. The van der Waals surface area contributed by atoms with Gasteiger partial charge >= 0.3 is 6.09 Å². The standard InChI is InChI=1S/C38H58N2O5Si/c1-27-30(14-11-15-34(27)43-8)25-40(31-20-21-31)35(41)33-26-39(36(42)45-37(2,3)4)23-22-32(33)29-18-16-28(17-19-29)13-12-24-44-46(9,10)38(5,6)7/h11,14-19,31-33H,12-13,20-26H2,1-10H3. The average molecular weight is 651 g/mol. The van der Waals surface area contributed by atoms with Crippen LogP contribution in [0.3, 0.4) is 0 Å². The lowest BCUT2D eigenvalue weighted by atomic mass is 9.79. The number of hydrogen-bond acceptors (Lipinski definition) is 5. The topological polar surface area (TPSA) is 68.3 Å². The van der Waals surface area contributed by atoms with E-state index in [1.54, 1.807) is 12.0 Å². The van der Waals surface area contributed by atoms with Gasteiger partial charge in [-0.15, -0.1) is 0 Å². The minimum Gasteiger partial charge on any atom is -0.496 e. The molecule has 0 aromatic heterocycles. The van der Waals surface area contributed by atoms with Crippen molar-refractivity contribution in [1.29, 1.82) is 0 Å². The number of benzene rings is 2. The van der Waals surface area contributed by atoms with Crippen LogP contribution in [0.1, 0.15) is 95.4 Å². The summed E-state index contributed by atoms with van der Waals surface area (Å²) in [4.78, 5) is 31.6. The molecule has 7 nitrogen and oxygen atoms in total. The first kappa shape index (κ1) is 36.0. The van der Waals surface area contributed by atoms with Gasteiger partial charge in [0.25, 0.3) is 0 Å². The Morgan fingerprint density at radius 2 is 1.65 bits per heavy atom. The molecule has 2 aromatic rings. The zero-order valence-electron chi connectivity index (χ0n) is 30.1. The van der Waals surface area contributed by atoms with Gasteiger partial charge in [-0.1, -0.05) is 57.2 Å². The molecule has 0 spiro atoms. The number of carbonyl (C=O) groups is 2. The van der Waals surface area contributed by atoms with E-state index in [9.17, 15) is 9.59 Å². The molecule has 1 saturated carbocycles. The normalized spacial score (nSPS) is 19.1. The molecule has 1 heterocycles. The zero-order valence-corrected chi connectivity index (χ0v) is 31.1. The maximum absolute atomic E-state index is 14.6. The van der Waals surface area contributed by atoms with Crippen LogP contribution < -0.4 is 4.74 Å². The molecule has 4 rings (SSSR count). The van der Waals surface area contributed by atoms with Gasteiger partial charge in [-0.2, -0.15) is 0 Å². The predicted molar refractivity (Wildman–Crippen MR) is 188 cm³/mol. The maximum Gasteiger partial charge on any atom is 0.410 e. The molecule has 2 aromatic carbocycles.